The van der Waals surface area contributed by atoms with Gasteiger partial charge in [-0.3, -0.25) is 19.0 Å². The number of carbonyl (C=O) groups excluding carboxylic acids is 1. The van der Waals surface area contributed by atoms with Crippen molar-refractivity contribution in [2.24, 2.45) is 5.92 Å². The van der Waals surface area contributed by atoms with Crippen LogP contribution in [0.2, 0.25) is 5.02 Å². The quantitative estimate of drug-likeness (QED) is 0.351. The summed E-state index contributed by atoms with van der Waals surface area (Å²) in [6.45, 7) is 5.75. The van der Waals surface area contributed by atoms with Crippen molar-refractivity contribution in [3.05, 3.63) is 70.4 Å². The molecule has 0 spiro atoms. The first kappa shape index (κ1) is 26.4. The molecule has 10 nitrogen and oxygen atoms in total. The van der Waals surface area contributed by atoms with E-state index < -0.39 is 17.7 Å². The lowest BCUT2D eigenvalue weighted by molar-refractivity contribution is -0.146. The highest BCUT2D eigenvalue weighted by molar-refractivity contribution is 6.31. The molecule has 39 heavy (non-hydrogen) atoms. The number of anilines is 1. The monoisotopic (exact) mass is 552 g/mol. The number of imidazole rings is 1. The number of amides is 1. The van der Waals surface area contributed by atoms with E-state index in [2.05, 4.69) is 15.0 Å². The average Bonchev–Trinajstić information content (AvgIpc) is 3.17. The summed E-state index contributed by atoms with van der Waals surface area (Å²) < 4.78 is 23.5. The summed E-state index contributed by atoms with van der Waals surface area (Å²) in [4.78, 5) is 38.2. The standard InChI is InChI=1S/C27H26ClFN6O4/c1-13(2)39-24-16(9-20-33-14(3)23-25(30)31-6-7-35(20)23)8-18(28)22(29)21(24)15-4-5-19(32-10-15)26(36)34-11-17(12-34)27(37)38/h4-8,10,13,17H,9,11-12H2,1-3H3,(H2,30,31)(H,37,38). The van der Waals surface area contributed by atoms with Gasteiger partial charge in [-0.2, -0.15) is 0 Å². The summed E-state index contributed by atoms with van der Waals surface area (Å²) in [5.74, 6) is -1.30. The molecule has 12 heteroatoms. The molecule has 1 amide bonds. The number of hydrogen-bond donors (Lipinski definition) is 2. The van der Waals surface area contributed by atoms with Crippen LogP contribution in [-0.2, 0) is 11.2 Å². The molecule has 1 saturated heterocycles. The Kier molecular flexibility index (Phi) is 6.85. The number of carboxylic acid groups (broad SMARTS) is 1. The molecule has 3 aromatic heterocycles. The van der Waals surface area contributed by atoms with Crippen molar-refractivity contribution in [1.82, 2.24) is 24.3 Å². The second-order valence-corrected chi connectivity index (χ2v) is 10.1. The molecule has 1 aliphatic rings. The van der Waals surface area contributed by atoms with Crippen LogP contribution in [0.25, 0.3) is 16.6 Å². The average molecular weight is 553 g/mol. The number of aryl methyl sites for hydroxylation is 1. The fourth-order valence-corrected chi connectivity index (χ4v) is 4.89. The third-order valence-electron chi connectivity index (χ3n) is 6.57. The SMILES string of the molecule is Cc1nc(Cc2cc(Cl)c(F)c(-c3ccc(C(=O)N4CC(C(=O)O)C4)nc3)c2OC(C)C)n2ccnc(N)c12. The molecule has 0 atom stereocenters. The van der Waals surface area contributed by atoms with Crippen molar-refractivity contribution in [3.8, 4) is 16.9 Å². The van der Waals surface area contributed by atoms with Crippen LogP contribution in [0.15, 0.2) is 36.8 Å². The van der Waals surface area contributed by atoms with E-state index in [9.17, 15) is 9.59 Å². The van der Waals surface area contributed by atoms with Crippen LogP contribution in [0.5, 0.6) is 5.75 Å². The molecule has 202 valence electrons. The van der Waals surface area contributed by atoms with Crippen molar-refractivity contribution >= 4 is 34.8 Å². The van der Waals surface area contributed by atoms with E-state index in [1.165, 1.54) is 23.2 Å². The van der Waals surface area contributed by atoms with Crippen molar-refractivity contribution in [2.75, 3.05) is 18.8 Å². The number of rotatable bonds is 7. The molecule has 1 fully saturated rings. The zero-order valence-electron chi connectivity index (χ0n) is 21.5. The van der Waals surface area contributed by atoms with Crippen molar-refractivity contribution in [3.63, 3.8) is 0 Å². The van der Waals surface area contributed by atoms with E-state index in [0.717, 1.165) is 0 Å². The molecule has 1 aromatic carbocycles. The minimum absolute atomic E-state index is 0.102. The lowest BCUT2D eigenvalue weighted by atomic mass is 9.98. The zero-order chi connectivity index (χ0) is 28.0. The second-order valence-electron chi connectivity index (χ2n) is 9.70. The molecule has 0 saturated carbocycles. The van der Waals surface area contributed by atoms with Gasteiger partial charge in [-0.15, -0.1) is 0 Å². The van der Waals surface area contributed by atoms with E-state index in [1.807, 2.05) is 25.2 Å². The van der Waals surface area contributed by atoms with Crippen LogP contribution >= 0.6 is 11.6 Å². The van der Waals surface area contributed by atoms with Crippen LogP contribution in [0.1, 0.15) is 41.4 Å². The minimum atomic E-state index is -0.939. The Morgan fingerprint density at radius 2 is 2.03 bits per heavy atom. The summed E-state index contributed by atoms with van der Waals surface area (Å²) in [6, 6.07) is 4.57. The molecule has 1 aliphatic heterocycles. The lowest BCUT2D eigenvalue weighted by Gasteiger charge is -2.36. The second kappa shape index (κ2) is 10.1. The summed E-state index contributed by atoms with van der Waals surface area (Å²) >= 11 is 6.36. The molecule has 0 aliphatic carbocycles. The van der Waals surface area contributed by atoms with Gasteiger partial charge in [-0.25, -0.2) is 14.4 Å². The third kappa shape index (κ3) is 4.85. The van der Waals surface area contributed by atoms with Gasteiger partial charge in [0.05, 0.1) is 28.3 Å². The number of nitrogens with two attached hydrogens (primary N) is 1. The highest BCUT2D eigenvalue weighted by Gasteiger charge is 2.36. The number of hydrogen-bond acceptors (Lipinski definition) is 7. The van der Waals surface area contributed by atoms with Gasteiger partial charge in [0.1, 0.15) is 28.6 Å². The van der Waals surface area contributed by atoms with Gasteiger partial charge in [0, 0.05) is 49.2 Å². The van der Waals surface area contributed by atoms with Gasteiger partial charge in [0.2, 0.25) is 0 Å². The van der Waals surface area contributed by atoms with Gasteiger partial charge in [0.25, 0.3) is 5.91 Å². The number of aromatic nitrogens is 4. The van der Waals surface area contributed by atoms with Gasteiger partial charge in [-0.05, 0) is 32.9 Å². The lowest BCUT2D eigenvalue weighted by Crippen LogP contribution is -2.53. The Hall–Kier alpha value is -4.25. The number of ether oxygens (including phenoxy) is 1. The van der Waals surface area contributed by atoms with E-state index in [1.54, 1.807) is 18.5 Å². The van der Waals surface area contributed by atoms with Crippen LogP contribution in [0.4, 0.5) is 10.2 Å². The largest absolute Gasteiger partial charge is 0.490 e. The molecular weight excluding hydrogens is 527 g/mol. The number of aliphatic carboxylic acids is 1. The Morgan fingerprint density at radius 3 is 2.67 bits per heavy atom. The number of fused-ring (bicyclic) bond motifs is 1. The fourth-order valence-electron chi connectivity index (χ4n) is 4.66. The first-order chi connectivity index (χ1) is 18.5. The number of nitrogens with zero attached hydrogens (tertiary/aromatic N) is 5. The Balaban J connectivity index is 1.53. The molecule has 3 N–H and O–H groups in total. The smallest absolute Gasteiger partial charge is 0.310 e. The van der Waals surface area contributed by atoms with Crippen LogP contribution in [0.3, 0.4) is 0 Å². The Labute approximate surface area is 228 Å². The Morgan fingerprint density at radius 1 is 1.28 bits per heavy atom. The number of carboxylic acids is 1. The number of benzene rings is 1. The maximum Gasteiger partial charge on any atom is 0.310 e. The van der Waals surface area contributed by atoms with Crippen LogP contribution in [-0.4, -0.2) is 60.4 Å². The van der Waals surface area contributed by atoms with E-state index in [-0.39, 0.29) is 53.6 Å². The van der Waals surface area contributed by atoms with Crippen LogP contribution < -0.4 is 10.5 Å². The van der Waals surface area contributed by atoms with Gasteiger partial charge in [-0.1, -0.05) is 17.7 Å². The van der Waals surface area contributed by atoms with Crippen molar-refractivity contribution in [2.45, 2.75) is 33.3 Å². The van der Waals surface area contributed by atoms with Crippen LogP contribution in [0, 0.1) is 18.7 Å². The summed E-state index contributed by atoms with van der Waals surface area (Å²) in [5.41, 5.74) is 8.67. The fraction of sp³-hybridized carbons (Fsp3) is 0.296. The number of pyridine rings is 1. The molecule has 0 unspecified atom stereocenters. The molecule has 0 bridgehead atoms. The highest BCUT2D eigenvalue weighted by atomic mass is 35.5. The summed E-state index contributed by atoms with van der Waals surface area (Å²) in [6.07, 6.45) is 4.69. The van der Waals surface area contributed by atoms with Crippen molar-refractivity contribution in [1.29, 1.82) is 0 Å². The number of carbonyl (C=O) groups is 2. The maximum atomic E-state index is 15.6. The summed E-state index contributed by atoms with van der Waals surface area (Å²) in [5, 5.41) is 8.96. The molecule has 4 aromatic rings. The molecule has 0 radical (unpaired) electrons. The van der Waals surface area contributed by atoms with Gasteiger partial charge in [0.15, 0.2) is 5.82 Å². The topological polar surface area (TPSA) is 136 Å². The molecule has 5 rings (SSSR count). The van der Waals surface area contributed by atoms with Crippen molar-refractivity contribution < 1.29 is 23.8 Å². The normalized spacial score (nSPS) is 13.6. The predicted octanol–water partition coefficient (Wildman–Crippen LogP) is 4.01. The van der Waals surface area contributed by atoms with Gasteiger partial charge >= 0.3 is 5.97 Å². The van der Waals surface area contributed by atoms with E-state index in [4.69, 9.17) is 27.2 Å². The van der Waals surface area contributed by atoms with Gasteiger partial charge < -0.3 is 20.5 Å². The minimum Gasteiger partial charge on any atom is -0.490 e. The number of nitrogen functional groups attached to an aromatic ring is 1. The first-order valence-corrected chi connectivity index (χ1v) is 12.7. The molecule has 4 heterocycles. The predicted molar refractivity (Wildman–Crippen MR) is 142 cm³/mol. The maximum absolute atomic E-state index is 15.6. The third-order valence-corrected chi connectivity index (χ3v) is 6.85. The van der Waals surface area contributed by atoms with E-state index >= 15 is 4.39 Å². The zero-order valence-corrected chi connectivity index (χ0v) is 22.2. The first-order valence-electron chi connectivity index (χ1n) is 12.3. The highest BCUT2D eigenvalue weighted by Crippen LogP contribution is 2.41. The molecular formula is C27H26ClFN6O4. The Bertz CT molecular complexity index is 1600. The van der Waals surface area contributed by atoms with E-state index in [0.29, 0.717) is 34.0 Å². The summed E-state index contributed by atoms with van der Waals surface area (Å²) in [7, 11) is 0. The number of likely N-dealkylation sites (tertiary alicyclic amines) is 1. The number of halogens is 2.